The number of hydrogen-bond donors (Lipinski definition) is 0. The van der Waals surface area contributed by atoms with Crippen LogP contribution in [0.5, 0.6) is 0 Å². The highest BCUT2D eigenvalue weighted by atomic mass is 35.5. The van der Waals surface area contributed by atoms with Gasteiger partial charge in [-0.05, 0) is 31.4 Å². The van der Waals surface area contributed by atoms with E-state index in [-0.39, 0.29) is 37.7 Å². The second-order valence-corrected chi connectivity index (χ2v) is 5.55. The largest absolute Gasteiger partial charge is 0.465 e. The molecule has 0 spiro atoms. The molecule has 1 aliphatic carbocycles. The van der Waals surface area contributed by atoms with E-state index in [2.05, 4.69) is 0 Å². The number of esters is 1. The molecule has 1 aromatic carbocycles. The molecule has 1 aliphatic rings. The van der Waals surface area contributed by atoms with Gasteiger partial charge in [-0.25, -0.2) is 0 Å². The van der Waals surface area contributed by atoms with E-state index in [1.165, 1.54) is 0 Å². The molecule has 1 amide bonds. The molecule has 0 N–H and O–H groups in total. The molecule has 6 heteroatoms. The maximum absolute atomic E-state index is 12.2. The average molecular weight is 326 g/mol. The third kappa shape index (κ3) is 5.00. The molecule has 5 nitrogen and oxygen atoms in total. The van der Waals surface area contributed by atoms with Crippen molar-refractivity contribution in [1.82, 2.24) is 4.90 Å². The van der Waals surface area contributed by atoms with Crippen LogP contribution in [0.25, 0.3) is 0 Å². The maximum Gasteiger partial charge on any atom is 0.325 e. The molecule has 0 radical (unpaired) electrons. The van der Waals surface area contributed by atoms with Crippen LogP contribution in [0, 0.1) is 0 Å². The van der Waals surface area contributed by atoms with Gasteiger partial charge in [-0.1, -0.05) is 29.8 Å². The van der Waals surface area contributed by atoms with Crippen molar-refractivity contribution in [2.24, 2.45) is 0 Å². The fourth-order valence-corrected chi connectivity index (χ4v) is 2.29. The summed E-state index contributed by atoms with van der Waals surface area (Å²) in [5.74, 6) is -0.573. The Morgan fingerprint density at radius 3 is 2.68 bits per heavy atom. The van der Waals surface area contributed by atoms with Crippen LogP contribution in [0.4, 0.5) is 0 Å². The molecule has 1 fully saturated rings. The molecule has 0 unspecified atom stereocenters. The Morgan fingerprint density at radius 2 is 2.05 bits per heavy atom. The Labute approximate surface area is 135 Å². The van der Waals surface area contributed by atoms with Gasteiger partial charge < -0.3 is 14.4 Å². The third-order valence-corrected chi connectivity index (χ3v) is 3.72. The lowest BCUT2D eigenvalue weighted by molar-refractivity contribution is -0.151. The number of carbonyl (C=O) groups is 2. The molecule has 22 heavy (non-hydrogen) atoms. The molecule has 2 rings (SSSR count). The van der Waals surface area contributed by atoms with Crippen LogP contribution >= 0.6 is 11.6 Å². The summed E-state index contributed by atoms with van der Waals surface area (Å²) >= 11 is 6.03. The minimum absolute atomic E-state index is 0.00715. The van der Waals surface area contributed by atoms with Crippen LogP contribution < -0.4 is 0 Å². The Balaban J connectivity index is 1.81. The van der Waals surface area contributed by atoms with Crippen molar-refractivity contribution in [2.75, 3.05) is 19.8 Å². The molecule has 0 atom stereocenters. The van der Waals surface area contributed by atoms with E-state index in [1.807, 2.05) is 18.2 Å². The summed E-state index contributed by atoms with van der Waals surface area (Å²) in [4.78, 5) is 25.3. The average Bonchev–Trinajstić information content (AvgIpc) is 3.31. The van der Waals surface area contributed by atoms with E-state index in [1.54, 1.807) is 17.9 Å². The molecule has 0 aromatic heterocycles. The number of benzene rings is 1. The Hall–Kier alpha value is -1.59. The molecular formula is C16H20ClNO4. The van der Waals surface area contributed by atoms with Crippen molar-refractivity contribution in [1.29, 1.82) is 0 Å². The van der Waals surface area contributed by atoms with Crippen molar-refractivity contribution in [2.45, 2.75) is 32.4 Å². The number of carbonyl (C=O) groups excluding carboxylic acids is 2. The zero-order valence-corrected chi connectivity index (χ0v) is 13.3. The van der Waals surface area contributed by atoms with Gasteiger partial charge in [0.15, 0.2) is 0 Å². The third-order valence-electron chi connectivity index (χ3n) is 3.35. The fraction of sp³-hybridized carbons (Fsp3) is 0.500. The van der Waals surface area contributed by atoms with Gasteiger partial charge in [-0.2, -0.15) is 0 Å². The van der Waals surface area contributed by atoms with Crippen LogP contribution in [0.1, 0.15) is 25.3 Å². The zero-order chi connectivity index (χ0) is 15.9. The van der Waals surface area contributed by atoms with E-state index >= 15 is 0 Å². The standard InChI is InChI=1S/C16H20ClNO4/c1-2-22-16(20)9-18(13-7-8-13)15(19)11-21-10-12-5-3-4-6-14(12)17/h3-6,13H,2,7-11H2,1H3. The van der Waals surface area contributed by atoms with Crippen LogP contribution in [-0.4, -0.2) is 42.6 Å². The van der Waals surface area contributed by atoms with E-state index in [4.69, 9.17) is 21.1 Å². The first kappa shape index (κ1) is 16.8. The monoisotopic (exact) mass is 325 g/mol. The molecule has 120 valence electrons. The lowest BCUT2D eigenvalue weighted by Gasteiger charge is -2.21. The quantitative estimate of drug-likeness (QED) is 0.689. The van der Waals surface area contributed by atoms with Crippen LogP contribution in [0.2, 0.25) is 5.02 Å². The summed E-state index contributed by atoms with van der Waals surface area (Å²) in [5.41, 5.74) is 0.834. The van der Waals surface area contributed by atoms with Crippen molar-refractivity contribution < 1.29 is 19.1 Å². The van der Waals surface area contributed by atoms with Crippen molar-refractivity contribution in [3.05, 3.63) is 34.9 Å². The van der Waals surface area contributed by atoms with E-state index in [9.17, 15) is 9.59 Å². The van der Waals surface area contributed by atoms with Crippen molar-refractivity contribution in [3.8, 4) is 0 Å². The normalized spacial score (nSPS) is 13.7. The second-order valence-electron chi connectivity index (χ2n) is 5.14. The Bertz CT molecular complexity index is 531. The van der Waals surface area contributed by atoms with Crippen LogP contribution in [0.3, 0.4) is 0 Å². The van der Waals surface area contributed by atoms with Gasteiger partial charge >= 0.3 is 5.97 Å². The summed E-state index contributed by atoms with van der Waals surface area (Å²) in [6, 6.07) is 7.47. The van der Waals surface area contributed by atoms with Gasteiger partial charge in [0, 0.05) is 11.1 Å². The smallest absolute Gasteiger partial charge is 0.325 e. The van der Waals surface area contributed by atoms with Gasteiger partial charge in [0.25, 0.3) is 0 Å². The molecule has 1 aromatic rings. The lowest BCUT2D eigenvalue weighted by atomic mass is 10.2. The summed E-state index contributed by atoms with van der Waals surface area (Å²) in [7, 11) is 0. The SMILES string of the molecule is CCOC(=O)CN(C(=O)COCc1ccccc1Cl)C1CC1. The number of rotatable bonds is 8. The summed E-state index contributed by atoms with van der Waals surface area (Å²) < 4.78 is 10.3. The number of hydrogen-bond acceptors (Lipinski definition) is 4. The lowest BCUT2D eigenvalue weighted by Crippen LogP contribution is -2.40. The first-order valence-corrected chi connectivity index (χ1v) is 7.75. The highest BCUT2D eigenvalue weighted by Crippen LogP contribution is 2.27. The number of amides is 1. The van der Waals surface area contributed by atoms with Gasteiger partial charge in [0.1, 0.15) is 13.2 Å². The van der Waals surface area contributed by atoms with E-state index in [0.29, 0.717) is 11.6 Å². The molecule has 0 heterocycles. The molecule has 0 aliphatic heterocycles. The van der Waals surface area contributed by atoms with Gasteiger partial charge in [-0.3, -0.25) is 9.59 Å². The fourth-order valence-electron chi connectivity index (χ4n) is 2.10. The predicted molar refractivity (Wildman–Crippen MR) is 82.5 cm³/mol. The number of halogens is 1. The summed E-state index contributed by atoms with van der Waals surface area (Å²) in [5, 5.41) is 0.612. The predicted octanol–water partition coefficient (Wildman–Crippen LogP) is 2.41. The van der Waals surface area contributed by atoms with Crippen molar-refractivity contribution in [3.63, 3.8) is 0 Å². The van der Waals surface area contributed by atoms with Crippen molar-refractivity contribution >= 4 is 23.5 Å². The summed E-state index contributed by atoms with van der Waals surface area (Å²) in [6.45, 7) is 2.25. The minimum atomic E-state index is -0.381. The number of ether oxygens (including phenoxy) is 2. The minimum Gasteiger partial charge on any atom is -0.465 e. The maximum atomic E-state index is 12.2. The Kier molecular flexibility index (Phi) is 6.21. The Morgan fingerprint density at radius 1 is 1.32 bits per heavy atom. The van der Waals surface area contributed by atoms with Crippen LogP contribution in [-0.2, 0) is 25.7 Å². The topological polar surface area (TPSA) is 55.8 Å². The molecule has 0 bridgehead atoms. The molecule has 0 saturated heterocycles. The first-order chi connectivity index (χ1) is 10.6. The highest BCUT2D eigenvalue weighted by Gasteiger charge is 2.34. The van der Waals surface area contributed by atoms with E-state index in [0.717, 1.165) is 18.4 Å². The second kappa shape index (κ2) is 8.15. The first-order valence-electron chi connectivity index (χ1n) is 7.38. The summed E-state index contributed by atoms with van der Waals surface area (Å²) in [6.07, 6.45) is 1.85. The van der Waals surface area contributed by atoms with Gasteiger partial charge in [-0.15, -0.1) is 0 Å². The van der Waals surface area contributed by atoms with Crippen LogP contribution in [0.15, 0.2) is 24.3 Å². The van der Waals surface area contributed by atoms with Gasteiger partial charge in [0.05, 0.1) is 13.2 Å². The van der Waals surface area contributed by atoms with Gasteiger partial charge in [0.2, 0.25) is 5.91 Å². The highest BCUT2D eigenvalue weighted by molar-refractivity contribution is 6.31. The molecule has 1 saturated carbocycles. The molecular weight excluding hydrogens is 306 g/mol. The number of nitrogens with zero attached hydrogens (tertiary/aromatic N) is 1. The zero-order valence-electron chi connectivity index (χ0n) is 12.6. The van der Waals surface area contributed by atoms with E-state index < -0.39 is 0 Å².